The summed E-state index contributed by atoms with van der Waals surface area (Å²) in [5.41, 5.74) is 13.8. The summed E-state index contributed by atoms with van der Waals surface area (Å²) < 4.78 is 7.28. The number of pyridine rings is 1. The van der Waals surface area contributed by atoms with Gasteiger partial charge in [-0.25, -0.2) is 9.97 Å². The van der Waals surface area contributed by atoms with Crippen LogP contribution in [-0.4, -0.2) is 31.1 Å². The number of aryl methyl sites for hydroxylation is 1. The molecule has 0 aliphatic heterocycles. The SMILES string of the molecule is CCOc1cncc(-c2cccc3nc(CC)n(-c4ccccc4)c(=O)c23)c1.N#Cc1cnc(N)nc1N. The van der Waals surface area contributed by atoms with Crippen LogP contribution in [0, 0.1) is 11.3 Å². The molecule has 190 valence electrons. The van der Waals surface area contributed by atoms with Crippen LogP contribution in [0.2, 0.25) is 0 Å². The fourth-order valence-electron chi connectivity index (χ4n) is 3.90. The predicted molar refractivity (Wildman–Crippen MR) is 147 cm³/mol. The van der Waals surface area contributed by atoms with Gasteiger partial charge >= 0.3 is 0 Å². The third kappa shape index (κ3) is 5.42. The van der Waals surface area contributed by atoms with Crippen molar-refractivity contribution in [3.63, 3.8) is 0 Å². The van der Waals surface area contributed by atoms with Gasteiger partial charge in [-0.2, -0.15) is 10.2 Å². The number of aromatic nitrogens is 5. The van der Waals surface area contributed by atoms with E-state index in [4.69, 9.17) is 26.5 Å². The molecular weight excluding hydrogens is 480 g/mol. The summed E-state index contributed by atoms with van der Waals surface area (Å²) in [5, 5.41) is 8.94. The molecule has 0 aliphatic rings. The van der Waals surface area contributed by atoms with Gasteiger partial charge in [-0.15, -0.1) is 0 Å². The minimum atomic E-state index is -0.0783. The number of para-hydroxylation sites is 1. The van der Waals surface area contributed by atoms with Crippen LogP contribution in [0.3, 0.4) is 0 Å². The third-order valence-corrected chi connectivity index (χ3v) is 5.59. The Balaban J connectivity index is 0.000000283. The highest BCUT2D eigenvalue weighted by atomic mass is 16.5. The second-order valence-corrected chi connectivity index (χ2v) is 8.04. The largest absolute Gasteiger partial charge is 0.492 e. The first-order valence-electron chi connectivity index (χ1n) is 11.9. The van der Waals surface area contributed by atoms with E-state index in [0.717, 1.165) is 22.6 Å². The monoisotopic (exact) mass is 506 g/mol. The number of benzene rings is 2. The fraction of sp³-hybridized carbons (Fsp3) is 0.143. The number of nitrogen functional groups attached to an aromatic ring is 2. The lowest BCUT2D eigenvalue weighted by Crippen LogP contribution is -2.24. The highest BCUT2D eigenvalue weighted by Crippen LogP contribution is 2.28. The van der Waals surface area contributed by atoms with Crippen molar-refractivity contribution in [1.29, 1.82) is 5.26 Å². The highest BCUT2D eigenvalue weighted by molar-refractivity contribution is 5.94. The summed E-state index contributed by atoms with van der Waals surface area (Å²) in [6.07, 6.45) is 5.37. The van der Waals surface area contributed by atoms with Crippen molar-refractivity contribution in [2.75, 3.05) is 18.1 Å². The summed E-state index contributed by atoms with van der Waals surface area (Å²) in [4.78, 5) is 29.8. The molecule has 0 amide bonds. The van der Waals surface area contributed by atoms with Crippen molar-refractivity contribution in [2.45, 2.75) is 20.3 Å². The average molecular weight is 507 g/mol. The number of anilines is 2. The molecule has 4 N–H and O–H groups in total. The van der Waals surface area contributed by atoms with Crippen molar-refractivity contribution in [3.8, 4) is 28.6 Å². The van der Waals surface area contributed by atoms with Crippen LogP contribution in [0.1, 0.15) is 25.2 Å². The Morgan fingerprint density at radius 1 is 1.00 bits per heavy atom. The summed E-state index contributed by atoms with van der Waals surface area (Å²) >= 11 is 0. The van der Waals surface area contributed by atoms with Gasteiger partial charge in [-0.1, -0.05) is 37.3 Å². The predicted octanol–water partition coefficient (Wildman–Crippen LogP) is 3.92. The summed E-state index contributed by atoms with van der Waals surface area (Å²) in [5.74, 6) is 1.62. The van der Waals surface area contributed by atoms with Crippen molar-refractivity contribution < 1.29 is 4.74 Å². The molecule has 10 heteroatoms. The van der Waals surface area contributed by atoms with Crippen LogP contribution in [0.15, 0.2) is 78.0 Å². The lowest BCUT2D eigenvalue weighted by Gasteiger charge is -2.14. The number of nitrogens with two attached hydrogens (primary N) is 2. The Kier molecular flexibility index (Phi) is 7.89. The van der Waals surface area contributed by atoms with Crippen LogP contribution in [0.4, 0.5) is 11.8 Å². The maximum atomic E-state index is 13.6. The Morgan fingerprint density at radius 3 is 2.47 bits per heavy atom. The zero-order chi connectivity index (χ0) is 27.1. The van der Waals surface area contributed by atoms with Gasteiger partial charge < -0.3 is 16.2 Å². The second kappa shape index (κ2) is 11.6. The zero-order valence-electron chi connectivity index (χ0n) is 21.0. The molecule has 0 spiro atoms. The number of hydrogen-bond donors (Lipinski definition) is 2. The van der Waals surface area contributed by atoms with E-state index in [1.54, 1.807) is 17.0 Å². The van der Waals surface area contributed by atoms with Crippen molar-refractivity contribution in [1.82, 2.24) is 24.5 Å². The van der Waals surface area contributed by atoms with Gasteiger partial charge in [0.1, 0.15) is 29.0 Å². The summed E-state index contributed by atoms with van der Waals surface area (Å²) in [6.45, 7) is 4.49. The maximum Gasteiger partial charge on any atom is 0.266 e. The molecule has 3 heterocycles. The van der Waals surface area contributed by atoms with Gasteiger partial charge in [0.2, 0.25) is 5.95 Å². The Hall–Kier alpha value is -5.30. The minimum absolute atomic E-state index is 0.0783. The number of hydrogen-bond acceptors (Lipinski definition) is 9. The summed E-state index contributed by atoms with van der Waals surface area (Å²) in [6, 6.07) is 19.1. The first-order valence-corrected chi connectivity index (χ1v) is 11.9. The molecule has 5 aromatic rings. The lowest BCUT2D eigenvalue weighted by molar-refractivity contribution is 0.339. The van der Waals surface area contributed by atoms with E-state index in [2.05, 4.69) is 15.0 Å². The molecule has 38 heavy (non-hydrogen) atoms. The highest BCUT2D eigenvalue weighted by Gasteiger charge is 2.16. The molecule has 0 bridgehead atoms. The van der Waals surface area contributed by atoms with E-state index in [-0.39, 0.29) is 22.9 Å². The number of nitriles is 1. The zero-order valence-corrected chi connectivity index (χ0v) is 21.0. The van der Waals surface area contributed by atoms with Gasteiger partial charge in [0.15, 0.2) is 0 Å². The molecule has 3 aromatic heterocycles. The van der Waals surface area contributed by atoms with E-state index >= 15 is 0 Å². The van der Waals surface area contributed by atoms with Crippen molar-refractivity contribution in [3.05, 3.63) is 94.9 Å². The molecule has 0 radical (unpaired) electrons. The van der Waals surface area contributed by atoms with E-state index in [1.807, 2.05) is 74.5 Å². The average Bonchev–Trinajstić information content (AvgIpc) is 2.94. The van der Waals surface area contributed by atoms with E-state index in [0.29, 0.717) is 29.7 Å². The number of ether oxygens (including phenoxy) is 1. The van der Waals surface area contributed by atoms with Crippen LogP contribution < -0.4 is 21.8 Å². The molecule has 2 aromatic carbocycles. The third-order valence-electron chi connectivity index (χ3n) is 5.59. The number of fused-ring (bicyclic) bond motifs is 1. The number of nitrogens with zero attached hydrogens (tertiary/aromatic N) is 6. The van der Waals surface area contributed by atoms with Crippen LogP contribution in [-0.2, 0) is 6.42 Å². The molecule has 5 rings (SSSR count). The molecule has 10 nitrogen and oxygen atoms in total. The quantitative estimate of drug-likeness (QED) is 0.360. The normalized spacial score (nSPS) is 10.3. The van der Waals surface area contributed by atoms with Gasteiger partial charge in [-0.3, -0.25) is 14.3 Å². The Labute approximate surface area is 219 Å². The Bertz CT molecular complexity index is 1680. The molecule has 0 saturated carbocycles. The van der Waals surface area contributed by atoms with Gasteiger partial charge in [-0.05, 0) is 36.8 Å². The summed E-state index contributed by atoms with van der Waals surface area (Å²) in [7, 11) is 0. The van der Waals surface area contributed by atoms with E-state index < -0.39 is 0 Å². The van der Waals surface area contributed by atoms with Crippen LogP contribution in [0.25, 0.3) is 27.7 Å². The fourth-order valence-corrected chi connectivity index (χ4v) is 3.90. The maximum absolute atomic E-state index is 13.6. The van der Waals surface area contributed by atoms with Crippen LogP contribution in [0.5, 0.6) is 5.75 Å². The topological polar surface area (TPSA) is 159 Å². The van der Waals surface area contributed by atoms with E-state index in [1.165, 1.54) is 6.20 Å². The first-order chi connectivity index (χ1) is 18.5. The lowest BCUT2D eigenvalue weighted by atomic mass is 10.0. The van der Waals surface area contributed by atoms with Gasteiger partial charge in [0, 0.05) is 18.2 Å². The van der Waals surface area contributed by atoms with Crippen molar-refractivity contribution >= 4 is 22.7 Å². The molecule has 0 fully saturated rings. The first kappa shape index (κ1) is 25.8. The molecule has 0 atom stereocenters. The van der Waals surface area contributed by atoms with Crippen molar-refractivity contribution in [2.24, 2.45) is 0 Å². The second-order valence-electron chi connectivity index (χ2n) is 8.04. The molecule has 0 unspecified atom stereocenters. The molecular formula is C28H26N8O2. The molecule has 0 saturated heterocycles. The van der Waals surface area contributed by atoms with E-state index in [9.17, 15) is 4.79 Å². The number of rotatable bonds is 5. The smallest absolute Gasteiger partial charge is 0.266 e. The standard InChI is InChI=1S/C23H21N3O2.C5H5N5/c1-3-21-25-20-12-8-11-19(16-13-18(28-4-2)15-24-14-16)22(20)23(27)26(21)17-9-6-5-7-10-17;6-1-3-2-9-5(8)10-4(3)7/h5-15H,3-4H2,1-2H3;2H,(H4,7,8,9,10). The minimum Gasteiger partial charge on any atom is -0.492 e. The Morgan fingerprint density at radius 2 is 1.79 bits per heavy atom. The van der Waals surface area contributed by atoms with Gasteiger partial charge in [0.25, 0.3) is 5.56 Å². The van der Waals surface area contributed by atoms with Crippen LogP contribution >= 0.6 is 0 Å². The molecule has 0 aliphatic carbocycles. The van der Waals surface area contributed by atoms with Gasteiger partial charge in [0.05, 0.1) is 35.6 Å².